The molecule has 25 heavy (non-hydrogen) atoms. The summed E-state index contributed by atoms with van der Waals surface area (Å²) in [4.78, 5) is 10.9. The molecule has 0 saturated carbocycles. The van der Waals surface area contributed by atoms with Crippen molar-refractivity contribution in [1.82, 2.24) is 19.3 Å². The largest absolute Gasteiger partial charge is 0.478 e. The molecule has 1 atom stereocenters. The third-order valence-electron chi connectivity index (χ3n) is 3.54. The fourth-order valence-corrected chi connectivity index (χ4v) is 3.77. The highest BCUT2D eigenvalue weighted by atomic mass is 35.5. The second kappa shape index (κ2) is 6.43. The summed E-state index contributed by atoms with van der Waals surface area (Å²) in [5.74, 6) is -0.898. The molecule has 130 valence electrons. The second-order valence-corrected chi connectivity index (χ2v) is 7.40. The maximum atomic E-state index is 12.6. The molecule has 0 aliphatic heterocycles. The lowest BCUT2D eigenvalue weighted by Crippen LogP contribution is -2.28. The van der Waals surface area contributed by atoms with Crippen molar-refractivity contribution in [2.45, 2.75) is 17.9 Å². The predicted molar refractivity (Wildman–Crippen MR) is 90.1 cm³/mol. The van der Waals surface area contributed by atoms with Crippen LogP contribution in [0.1, 0.15) is 29.1 Å². The lowest BCUT2D eigenvalue weighted by atomic mass is 10.2. The van der Waals surface area contributed by atoms with E-state index < -0.39 is 22.0 Å². The lowest BCUT2D eigenvalue weighted by molar-refractivity contribution is 0.0697. The Morgan fingerprint density at radius 3 is 2.76 bits per heavy atom. The van der Waals surface area contributed by atoms with Gasteiger partial charge in [-0.15, -0.1) is 10.2 Å². The molecule has 0 aliphatic rings. The minimum absolute atomic E-state index is 0.0389. The van der Waals surface area contributed by atoms with Crippen LogP contribution in [0.25, 0.3) is 5.65 Å². The molecular formula is C15H13ClN4O4S. The van der Waals surface area contributed by atoms with E-state index in [4.69, 9.17) is 16.7 Å². The van der Waals surface area contributed by atoms with E-state index >= 15 is 0 Å². The van der Waals surface area contributed by atoms with Crippen molar-refractivity contribution in [2.75, 3.05) is 0 Å². The van der Waals surface area contributed by atoms with Crippen LogP contribution in [-0.2, 0) is 10.0 Å². The number of nitrogens with one attached hydrogen (secondary N) is 1. The topological polar surface area (TPSA) is 114 Å². The quantitative estimate of drug-likeness (QED) is 0.700. The van der Waals surface area contributed by atoms with Crippen LogP contribution >= 0.6 is 11.6 Å². The average molecular weight is 381 g/mol. The molecule has 0 aliphatic carbocycles. The number of pyridine rings is 1. The standard InChI is InChI=1S/C15H13ClN4O4S/c1-9(14-18-17-13-4-2-3-7-20(13)14)19-25(23,24)10-5-6-12(16)11(8-10)15(21)22/h2-9,19H,1H3,(H,21,22). The van der Waals surface area contributed by atoms with Crippen molar-refractivity contribution in [3.63, 3.8) is 0 Å². The monoisotopic (exact) mass is 380 g/mol. The number of sulfonamides is 1. The van der Waals surface area contributed by atoms with Gasteiger partial charge in [0.05, 0.1) is 21.5 Å². The summed E-state index contributed by atoms with van der Waals surface area (Å²) in [7, 11) is -3.98. The molecule has 8 nitrogen and oxygen atoms in total. The molecule has 1 unspecified atom stereocenters. The summed E-state index contributed by atoms with van der Waals surface area (Å²) in [6.45, 7) is 1.62. The van der Waals surface area contributed by atoms with Crippen molar-refractivity contribution in [2.24, 2.45) is 0 Å². The van der Waals surface area contributed by atoms with Gasteiger partial charge in [0, 0.05) is 6.20 Å². The number of halogens is 1. The second-order valence-electron chi connectivity index (χ2n) is 5.28. The van der Waals surface area contributed by atoms with E-state index in [0.29, 0.717) is 11.5 Å². The molecule has 0 fully saturated rings. The van der Waals surface area contributed by atoms with Gasteiger partial charge in [0.15, 0.2) is 11.5 Å². The highest BCUT2D eigenvalue weighted by Crippen LogP contribution is 2.22. The molecule has 2 heterocycles. The van der Waals surface area contributed by atoms with E-state index in [1.165, 1.54) is 12.1 Å². The van der Waals surface area contributed by atoms with Gasteiger partial charge in [-0.05, 0) is 37.3 Å². The summed E-state index contributed by atoms with van der Waals surface area (Å²) in [6, 6.07) is 8.12. The van der Waals surface area contributed by atoms with E-state index in [1.54, 1.807) is 35.7 Å². The first-order chi connectivity index (χ1) is 11.8. The number of rotatable bonds is 5. The van der Waals surface area contributed by atoms with Crippen LogP contribution in [0, 0.1) is 0 Å². The summed E-state index contributed by atoms with van der Waals surface area (Å²) in [6.07, 6.45) is 1.72. The van der Waals surface area contributed by atoms with Gasteiger partial charge in [0.25, 0.3) is 0 Å². The maximum Gasteiger partial charge on any atom is 0.337 e. The van der Waals surface area contributed by atoms with Crippen LogP contribution in [0.3, 0.4) is 0 Å². The zero-order valence-corrected chi connectivity index (χ0v) is 14.5. The Labute approximate surface area is 148 Å². The van der Waals surface area contributed by atoms with Gasteiger partial charge in [-0.3, -0.25) is 4.40 Å². The van der Waals surface area contributed by atoms with Crippen LogP contribution in [0.2, 0.25) is 5.02 Å². The number of hydrogen-bond donors (Lipinski definition) is 2. The molecule has 0 amide bonds. The number of aromatic carboxylic acids is 1. The van der Waals surface area contributed by atoms with Gasteiger partial charge in [-0.1, -0.05) is 17.7 Å². The Morgan fingerprint density at radius 2 is 2.04 bits per heavy atom. The Hall–Kier alpha value is -2.49. The first kappa shape index (κ1) is 17.3. The maximum absolute atomic E-state index is 12.6. The number of carboxylic acids is 1. The molecule has 2 aromatic heterocycles. The number of carbonyl (C=O) groups is 1. The van der Waals surface area contributed by atoms with Gasteiger partial charge in [0.1, 0.15) is 0 Å². The highest BCUT2D eigenvalue weighted by molar-refractivity contribution is 7.89. The van der Waals surface area contributed by atoms with Crippen molar-refractivity contribution in [1.29, 1.82) is 0 Å². The van der Waals surface area contributed by atoms with Crippen molar-refractivity contribution in [3.05, 3.63) is 59.0 Å². The van der Waals surface area contributed by atoms with E-state index in [9.17, 15) is 13.2 Å². The normalized spacial score (nSPS) is 13.0. The SMILES string of the molecule is CC(NS(=O)(=O)c1ccc(Cl)c(C(=O)O)c1)c1nnc2ccccn12. The summed E-state index contributed by atoms with van der Waals surface area (Å²) < 4.78 is 29.2. The summed E-state index contributed by atoms with van der Waals surface area (Å²) in [5, 5.41) is 17.0. The Kier molecular flexibility index (Phi) is 4.46. The number of aromatic nitrogens is 3. The van der Waals surface area contributed by atoms with Crippen LogP contribution in [0.4, 0.5) is 0 Å². The van der Waals surface area contributed by atoms with Gasteiger partial charge in [-0.25, -0.2) is 17.9 Å². The van der Waals surface area contributed by atoms with Crippen LogP contribution < -0.4 is 4.72 Å². The first-order valence-electron chi connectivity index (χ1n) is 7.14. The molecule has 0 radical (unpaired) electrons. The molecule has 0 spiro atoms. The van der Waals surface area contributed by atoms with E-state index in [2.05, 4.69) is 14.9 Å². The molecule has 0 bridgehead atoms. The lowest BCUT2D eigenvalue weighted by Gasteiger charge is -2.13. The third kappa shape index (κ3) is 3.34. The molecule has 1 aromatic carbocycles. The molecule has 2 N–H and O–H groups in total. The Morgan fingerprint density at radius 1 is 1.28 bits per heavy atom. The van der Waals surface area contributed by atoms with Gasteiger partial charge in [0.2, 0.25) is 10.0 Å². The Bertz CT molecular complexity index is 1060. The molecule has 0 saturated heterocycles. The van der Waals surface area contributed by atoms with E-state index in [0.717, 1.165) is 6.07 Å². The summed E-state index contributed by atoms with van der Waals surface area (Å²) >= 11 is 5.78. The highest BCUT2D eigenvalue weighted by Gasteiger charge is 2.23. The van der Waals surface area contributed by atoms with Gasteiger partial charge < -0.3 is 5.11 Å². The van der Waals surface area contributed by atoms with Crippen LogP contribution in [0.15, 0.2) is 47.5 Å². The van der Waals surface area contributed by atoms with E-state index in [-0.39, 0.29) is 15.5 Å². The van der Waals surface area contributed by atoms with Crippen LogP contribution in [-0.4, -0.2) is 34.1 Å². The zero-order valence-electron chi connectivity index (χ0n) is 12.9. The fraction of sp³-hybridized carbons (Fsp3) is 0.133. The Balaban J connectivity index is 1.93. The molecular weight excluding hydrogens is 368 g/mol. The van der Waals surface area contributed by atoms with Crippen molar-refractivity contribution >= 4 is 33.2 Å². The predicted octanol–water partition coefficient (Wildman–Crippen LogP) is 2.12. The van der Waals surface area contributed by atoms with Crippen molar-refractivity contribution < 1.29 is 18.3 Å². The fourth-order valence-electron chi connectivity index (χ4n) is 2.34. The molecule has 3 rings (SSSR count). The minimum atomic E-state index is -3.98. The van der Waals surface area contributed by atoms with E-state index in [1.807, 2.05) is 0 Å². The average Bonchev–Trinajstić information content (AvgIpc) is 2.98. The van der Waals surface area contributed by atoms with Gasteiger partial charge >= 0.3 is 5.97 Å². The number of carboxylic acid groups (broad SMARTS) is 1. The number of benzene rings is 1. The first-order valence-corrected chi connectivity index (χ1v) is 9.00. The molecule has 10 heteroatoms. The minimum Gasteiger partial charge on any atom is -0.478 e. The third-order valence-corrected chi connectivity index (χ3v) is 5.41. The van der Waals surface area contributed by atoms with Crippen LogP contribution in [0.5, 0.6) is 0 Å². The number of nitrogens with zero attached hydrogens (tertiary/aromatic N) is 3. The van der Waals surface area contributed by atoms with Gasteiger partial charge in [-0.2, -0.15) is 0 Å². The van der Waals surface area contributed by atoms with Crippen molar-refractivity contribution in [3.8, 4) is 0 Å². The number of hydrogen-bond acceptors (Lipinski definition) is 5. The molecule has 3 aromatic rings. The summed E-state index contributed by atoms with van der Waals surface area (Å²) in [5.41, 5.74) is 0.299. The zero-order chi connectivity index (χ0) is 18.2. The smallest absolute Gasteiger partial charge is 0.337 e. The number of fused-ring (bicyclic) bond motifs is 1.